The summed E-state index contributed by atoms with van der Waals surface area (Å²) in [4.78, 5) is 48.6. The summed E-state index contributed by atoms with van der Waals surface area (Å²) >= 11 is 0. The minimum absolute atomic E-state index is 0.190. The molecule has 2 rings (SSSR count). The van der Waals surface area contributed by atoms with Gasteiger partial charge in [0.15, 0.2) is 18.1 Å². The molecule has 2 N–H and O–H groups in total. The molecule has 0 aliphatic carbocycles. The number of nitrogens with two attached hydrogens (primary N) is 1. The topological polar surface area (TPSA) is 141 Å². The van der Waals surface area contributed by atoms with E-state index in [9.17, 15) is 19.2 Å². The number of carbonyl (C=O) groups excluding carboxylic acids is 2. The smallest absolute Gasteiger partial charge is 0.332 e. The van der Waals surface area contributed by atoms with E-state index in [1.54, 1.807) is 12.1 Å². The van der Waals surface area contributed by atoms with Crippen molar-refractivity contribution < 1.29 is 28.5 Å². The first-order valence-electron chi connectivity index (χ1n) is 8.69. The lowest BCUT2D eigenvalue weighted by Crippen LogP contribution is -2.42. The molecule has 0 fully saturated rings. The minimum Gasteiger partial charge on any atom is -0.493 e. The zero-order chi connectivity index (χ0) is 22.6. The van der Waals surface area contributed by atoms with Crippen LogP contribution in [0.15, 0.2) is 21.7 Å². The molecule has 0 amide bonds. The van der Waals surface area contributed by atoms with E-state index in [0.717, 1.165) is 9.13 Å². The molecule has 0 radical (unpaired) electrons. The molecule has 0 spiro atoms. The van der Waals surface area contributed by atoms with Crippen molar-refractivity contribution in [2.45, 2.75) is 6.42 Å². The Labute approximate surface area is 171 Å². The maximum Gasteiger partial charge on any atom is 0.332 e. The normalized spacial score (nSPS) is 10.4. The molecule has 30 heavy (non-hydrogen) atoms. The number of carbonyl (C=O) groups is 2. The van der Waals surface area contributed by atoms with Crippen molar-refractivity contribution in [2.75, 3.05) is 33.7 Å². The van der Waals surface area contributed by atoms with Crippen molar-refractivity contribution in [3.05, 3.63) is 44.1 Å². The van der Waals surface area contributed by atoms with E-state index < -0.39 is 35.2 Å². The Kier molecular flexibility index (Phi) is 6.88. The molecular weight excluding hydrogens is 398 g/mol. The summed E-state index contributed by atoms with van der Waals surface area (Å²) in [6.07, 6.45) is -0.190. The first kappa shape index (κ1) is 22.5. The molecule has 0 bridgehead atoms. The van der Waals surface area contributed by atoms with Gasteiger partial charge in [-0.15, -0.1) is 0 Å². The van der Waals surface area contributed by atoms with Gasteiger partial charge in [-0.1, -0.05) is 0 Å². The third kappa shape index (κ3) is 4.29. The van der Waals surface area contributed by atoms with Gasteiger partial charge in [-0.2, -0.15) is 0 Å². The highest BCUT2D eigenvalue weighted by atomic mass is 16.5. The average molecular weight is 421 g/mol. The number of Topliss-reactive ketones (excluding diaryl/α,β-unsaturated/α-hetero) is 1. The number of methoxy groups -OCH3 is 3. The van der Waals surface area contributed by atoms with Gasteiger partial charge in [0.2, 0.25) is 11.5 Å². The number of hydrogen-bond donors (Lipinski definition) is 1. The molecule has 11 nitrogen and oxygen atoms in total. The van der Waals surface area contributed by atoms with Crippen molar-refractivity contribution in [3.8, 4) is 17.2 Å². The average Bonchev–Trinajstić information content (AvgIpc) is 2.74. The van der Waals surface area contributed by atoms with Crippen LogP contribution in [0, 0.1) is 0 Å². The van der Waals surface area contributed by atoms with E-state index in [0.29, 0.717) is 22.8 Å². The Morgan fingerprint density at radius 3 is 2.03 bits per heavy atom. The molecule has 162 valence electrons. The summed E-state index contributed by atoms with van der Waals surface area (Å²) in [5.41, 5.74) is 4.27. The molecular formula is C19H23N3O8. The number of rotatable bonds is 8. The Morgan fingerprint density at radius 1 is 0.967 bits per heavy atom. The minimum atomic E-state index is -0.860. The van der Waals surface area contributed by atoms with Gasteiger partial charge >= 0.3 is 11.7 Å². The highest BCUT2D eigenvalue weighted by Crippen LogP contribution is 2.38. The summed E-state index contributed by atoms with van der Waals surface area (Å²) in [5.74, 6) is -0.753. The van der Waals surface area contributed by atoms with Crippen molar-refractivity contribution >= 4 is 17.6 Å². The fourth-order valence-corrected chi connectivity index (χ4v) is 2.80. The Bertz CT molecular complexity index is 1080. The van der Waals surface area contributed by atoms with Gasteiger partial charge in [0, 0.05) is 14.1 Å². The number of aromatic nitrogens is 2. The second kappa shape index (κ2) is 9.16. The maximum atomic E-state index is 12.4. The van der Waals surface area contributed by atoms with Crippen LogP contribution < -0.4 is 31.2 Å². The van der Waals surface area contributed by atoms with E-state index in [4.69, 9.17) is 24.7 Å². The number of benzene rings is 1. The van der Waals surface area contributed by atoms with E-state index in [2.05, 4.69) is 0 Å². The Hall–Kier alpha value is -3.76. The quantitative estimate of drug-likeness (QED) is 0.447. The second-order valence-electron chi connectivity index (χ2n) is 6.26. The molecule has 0 saturated carbocycles. The van der Waals surface area contributed by atoms with Gasteiger partial charge in [-0.3, -0.25) is 23.5 Å². The van der Waals surface area contributed by atoms with Gasteiger partial charge in [0.05, 0.1) is 27.8 Å². The number of ketones is 1. The maximum absolute atomic E-state index is 12.4. The summed E-state index contributed by atoms with van der Waals surface area (Å²) in [5, 5.41) is 0. The standard InChI is InChI=1S/C19H23N3O8/c1-21-17(20)15(18(25)22(2)19(21)26)11(23)9-30-14(24)8-10-6-12(27-3)16(29-5)13(7-10)28-4/h6-7H,8-9,20H2,1-5H3. The predicted molar refractivity (Wildman–Crippen MR) is 106 cm³/mol. The van der Waals surface area contributed by atoms with Crippen molar-refractivity contribution in [2.24, 2.45) is 14.1 Å². The monoisotopic (exact) mass is 421 g/mol. The molecule has 1 heterocycles. The van der Waals surface area contributed by atoms with Crippen LogP contribution in [-0.2, 0) is 30.0 Å². The number of esters is 1. The van der Waals surface area contributed by atoms with E-state index in [1.807, 2.05) is 0 Å². The van der Waals surface area contributed by atoms with Gasteiger partial charge in [0.25, 0.3) is 5.56 Å². The molecule has 11 heteroatoms. The summed E-state index contributed by atoms with van der Waals surface area (Å²) in [7, 11) is 6.88. The van der Waals surface area contributed by atoms with Gasteiger partial charge in [-0.05, 0) is 17.7 Å². The van der Waals surface area contributed by atoms with Crippen LogP contribution >= 0.6 is 0 Å². The molecule has 2 aromatic rings. The molecule has 0 atom stereocenters. The first-order chi connectivity index (χ1) is 14.2. The van der Waals surface area contributed by atoms with Crippen LogP contribution in [0.2, 0.25) is 0 Å². The van der Waals surface area contributed by atoms with E-state index in [-0.39, 0.29) is 12.2 Å². The number of hydrogen-bond acceptors (Lipinski definition) is 9. The highest BCUT2D eigenvalue weighted by Gasteiger charge is 2.22. The van der Waals surface area contributed by atoms with Crippen LogP contribution in [0.25, 0.3) is 0 Å². The zero-order valence-corrected chi connectivity index (χ0v) is 17.3. The van der Waals surface area contributed by atoms with Gasteiger partial charge < -0.3 is 24.7 Å². The first-order valence-corrected chi connectivity index (χ1v) is 8.69. The highest BCUT2D eigenvalue weighted by molar-refractivity contribution is 6.01. The van der Waals surface area contributed by atoms with Crippen molar-refractivity contribution in [3.63, 3.8) is 0 Å². The van der Waals surface area contributed by atoms with Crippen LogP contribution in [0.4, 0.5) is 5.82 Å². The lowest BCUT2D eigenvalue weighted by Gasteiger charge is -2.14. The van der Waals surface area contributed by atoms with Crippen LogP contribution in [0.5, 0.6) is 17.2 Å². The summed E-state index contributed by atoms with van der Waals surface area (Å²) < 4.78 is 22.4. The fraction of sp³-hybridized carbons (Fsp3) is 0.368. The number of nitrogens with zero attached hydrogens (tertiary/aromatic N) is 2. The number of anilines is 1. The lowest BCUT2D eigenvalue weighted by atomic mass is 10.1. The molecule has 1 aromatic carbocycles. The SMILES string of the molecule is COc1cc(CC(=O)OCC(=O)c2c(N)n(C)c(=O)n(C)c2=O)cc(OC)c1OC. The molecule has 0 unspecified atom stereocenters. The number of ether oxygens (including phenoxy) is 4. The van der Waals surface area contributed by atoms with Crippen LogP contribution in [0.3, 0.4) is 0 Å². The number of nitrogen functional groups attached to an aromatic ring is 1. The third-order valence-electron chi connectivity index (χ3n) is 4.43. The summed E-state index contributed by atoms with van der Waals surface area (Å²) in [6, 6.07) is 3.15. The fourth-order valence-electron chi connectivity index (χ4n) is 2.80. The molecule has 0 aliphatic rings. The largest absolute Gasteiger partial charge is 0.493 e. The molecule has 0 saturated heterocycles. The van der Waals surface area contributed by atoms with Gasteiger partial charge in [-0.25, -0.2) is 4.79 Å². The lowest BCUT2D eigenvalue weighted by molar-refractivity contribution is -0.141. The van der Waals surface area contributed by atoms with Crippen molar-refractivity contribution in [1.82, 2.24) is 9.13 Å². The predicted octanol–water partition coefficient (Wildman–Crippen LogP) is -0.339. The van der Waals surface area contributed by atoms with Crippen LogP contribution in [-0.4, -0.2) is 48.8 Å². The van der Waals surface area contributed by atoms with E-state index in [1.165, 1.54) is 35.4 Å². The van der Waals surface area contributed by atoms with E-state index >= 15 is 0 Å². The van der Waals surface area contributed by atoms with Crippen LogP contribution in [0.1, 0.15) is 15.9 Å². The third-order valence-corrected chi connectivity index (χ3v) is 4.43. The Balaban J connectivity index is 2.17. The second-order valence-corrected chi connectivity index (χ2v) is 6.26. The molecule has 0 aliphatic heterocycles. The van der Waals surface area contributed by atoms with Gasteiger partial charge in [0.1, 0.15) is 11.4 Å². The van der Waals surface area contributed by atoms with Crippen molar-refractivity contribution in [1.29, 1.82) is 0 Å². The Morgan fingerprint density at radius 2 is 1.53 bits per heavy atom. The zero-order valence-electron chi connectivity index (χ0n) is 17.3. The molecule has 1 aromatic heterocycles. The summed E-state index contributed by atoms with van der Waals surface area (Å²) in [6.45, 7) is -0.707.